The van der Waals surface area contributed by atoms with Gasteiger partial charge in [-0.25, -0.2) is 0 Å². The molecule has 1 nitrogen and oxygen atoms in total. The van der Waals surface area contributed by atoms with E-state index >= 15 is 0 Å². The van der Waals surface area contributed by atoms with Gasteiger partial charge < -0.3 is 4.40 Å². The normalized spacial score (nSPS) is 11.9. The topological polar surface area (TPSA) is 4.41 Å². The van der Waals surface area contributed by atoms with Crippen molar-refractivity contribution >= 4 is 54.0 Å². The van der Waals surface area contributed by atoms with Crippen LogP contribution in [0.3, 0.4) is 0 Å². The van der Waals surface area contributed by atoms with E-state index in [1.807, 2.05) is 0 Å². The van der Waals surface area contributed by atoms with Crippen LogP contribution in [0.4, 0.5) is 0 Å². The van der Waals surface area contributed by atoms with Crippen LogP contribution in [0.25, 0.3) is 38.1 Å². The Kier molecular flexibility index (Phi) is 2.42. The molecule has 0 atom stereocenters. The van der Waals surface area contributed by atoms with Gasteiger partial charge in [-0.2, -0.15) is 0 Å². The average molecular weight is 346 g/mol. The number of para-hydroxylation sites is 2. The number of benzene rings is 3. The quantitative estimate of drug-likeness (QED) is 0.296. The first kappa shape index (κ1) is 12.2. The number of fused-ring (bicyclic) bond motifs is 8. The summed E-state index contributed by atoms with van der Waals surface area (Å²) in [5.41, 5.74) is 3.78. The number of aromatic nitrogens is 1. The molecule has 0 saturated heterocycles. The van der Waals surface area contributed by atoms with Crippen molar-refractivity contribution in [1.82, 2.24) is 4.40 Å². The van der Waals surface area contributed by atoms with E-state index in [1.165, 1.54) is 38.1 Å². The van der Waals surface area contributed by atoms with Gasteiger partial charge in [0.25, 0.3) is 0 Å². The van der Waals surface area contributed by atoms with Gasteiger partial charge in [-0.3, -0.25) is 0 Å². The molecule has 2 aromatic heterocycles. The Bertz CT molecular complexity index is 1180. The van der Waals surface area contributed by atoms with Gasteiger partial charge in [0, 0.05) is 20.6 Å². The predicted molar refractivity (Wildman–Crippen MR) is 97.6 cm³/mol. The predicted octanol–water partition coefficient (Wildman–Crippen LogP) is 6.16. The van der Waals surface area contributed by atoms with Crippen molar-refractivity contribution in [3.05, 3.63) is 77.3 Å². The van der Waals surface area contributed by atoms with Crippen molar-refractivity contribution in [3.8, 4) is 0 Å². The Hall–Kier alpha value is -2.32. The number of hydrogen-bond donors (Lipinski definition) is 0. The van der Waals surface area contributed by atoms with Gasteiger partial charge in [-0.1, -0.05) is 58.4 Å². The third-order valence-electron chi connectivity index (χ3n) is 4.40. The van der Waals surface area contributed by atoms with Crippen LogP contribution in [0.1, 0.15) is 0 Å². The minimum Gasteiger partial charge on any atom is -0.309 e. The minimum absolute atomic E-state index is 1.12. The number of halogens is 1. The monoisotopic (exact) mass is 345 g/mol. The molecule has 0 aliphatic carbocycles. The Balaban J connectivity index is 2.22. The fourth-order valence-corrected chi connectivity index (χ4v) is 3.83. The van der Waals surface area contributed by atoms with E-state index in [2.05, 4.69) is 93.1 Å². The lowest BCUT2D eigenvalue weighted by atomic mass is 10.1. The Morgan fingerprint density at radius 1 is 0.591 bits per heavy atom. The summed E-state index contributed by atoms with van der Waals surface area (Å²) in [6.45, 7) is 0. The van der Waals surface area contributed by atoms with E-state index in [9.17, 15) is 0 Å². The van der Waals surface area contributed by atoms with Crippen molar-refractivity contribution in [3.63, 3.8) is 0 Å². The molecule has 5 aromatic rings. The van der Waals surface area contributed by atoms with Crippen molar-refractivity contribution < 1.29 is 0 Å². The first-order valence-electron chi connectivity index (χ1n) is 7.33. The summed E-state index contributed by atoms with van der Waals surface area (Å²) in [5.74, 6) is 0. The first-order valence-corrected chi connectivity index (χ1v) is 8.12. The summed E-state index contributed by atoms with van der Waals surface area (Å²) in [4.78, 5) is 0. The molecule has 0 aliphatic rings. The highest BCUT2D eigenvalue weighted by molar-refractivity contribution is 9.10. The fraction of sp³-hybridized carbons (Fsp3) is 0. The van der Waals surface area contributed by atoms with Crippen molar-refractivity contribution in [2.24, 2.45) is 0 Å². The lowest BCUT2D eigenvalue weighted by Crippen LogP contribution is -1.90. The fourth-order valence-electron chi connectivity index (χ4n) is 3.47. The van der Waals surface area contributed by atoms with Gasteiger partial charge in [0.05, 0.1) is 16.6 Å². The zero-order valence-corrected chi connectivity index (χ0v) is 13.3. The number of rotatable bonds is 0. The maximum Gasteiger partial charge on any atom is 0.0547 e. The third-order valence-corrected chi connectivity index (χ3v) is 4.90. The molecule has 2 heteroatoms. The van der Waals surface area contributed by atoms with Gasteiger partial charge in [-0.15, -0.1) is 0 Å². The Labute approximate surface area is 135 Å². The second kappa shape index (κ2) is 4.34. The highest BCUT2D eigenvalue weighted by Crippen LogP contribution is 2.35. The van der Waals surface area contributed by atoms with Crippen LogP contribution in [-0.2, 0) is 0 Å². The van der Waals surface area contributed by atoms with Crippen LogP contribution in [0.5, 0.6) is 0 Å². The van der Waals surface area contributed by atoms with E-state index in [1.54, 1.807) is 0 Å². The lowest BCUT2D eigenvalue weighted by molar-refractivity contribution is 1.35. The highest BCUT2D eigenvalue weighted by atomic mass is 79.9. The largest absolute Gasteiger partial charge is 0.309 e. The molecular weight excluding hydrogens is 334 g/mol. The number of nitrogens with zero attached hydrogens (tertiary/aromatic N) is 1. The molecule has 2 heterocycles. The smallest absolute Gasteiger partial charge is 0.0547 e. The second-order valence-electron chi connectivity index (χ2n) is 5.63. The molecule has 5 rings (SSSR count). The van der Waals surface area contributed by atoms with E-state index in [-0.39, 0.29) is 0 Å². The van der Waals surface area contributed by atoms with E-state index in [4.69, 9.17) is 0 Å². The molecule has 22 heavy (non-hydrogen) atoms. The SMILES string of the molecule is Brc1ccc2c(c1)c1ccccc1n1c3ccccc3cc21. The van der Waals surface area contributed by atoms with E-state index in [0.29, 0.717) is 0 Å². The minimum atomic E-state index is 1.12. The molecule has 104 valence electrons. The molecule has 0 N–H and O–H groups in total. The molecule has 0 saturated carbocycles. The summed E-state index contributed by atoms with van der Waals surface area (Å²) >= 11 is 3.61. The van der Waals surface area contributed by atoms with Crippen molar-refractivity contribution in [1.29, 1.82) is 0 Å². The van der Waals surface area contributed by atoms with E-state index < -0.39 is 0 Å². The third kappa shape index (κ3) is 1.53. The molecule has 0 bridgehead atoms. The zero-order chi connectivity index (χ0) is 14.7. The second-order valence-corrected chi connectivity index (χ2v) is 6.55. The molecule has 0 fully saturated rings. The van der Waals surface area contributed by atoms with Crippen LogP contribution in [0.15, 0.2) is 77.3 Å². The lowest BCUT2D eigenvalue weighted by Gasteiger charge is -2.10. The summed E-state index contributed by atoms with van der Waals surface area (Å²) in [7, 11) is 0. The number of pyridine rings is 1. The highest BCUT2D eigenvalue weighted by Gasteiger charge is 2.11. The van der Waals surface area contributed by atoms with Gasteiger partial charge in [0.2, 0.25) is 0 Å². The molecule has 0 spiro atoms. The van der Waals surface area contributed by atoms with Gasteiger partial charge in [0.1, 0.15) is 0 Å². The van der Waals surface area contributed by atoms with Crippen molar-refractivity contribution in [2.45, 2.75) is 0 Å². The average Bonchev–Trinajstić information content (AvgIpc) is 2.94. The van der Waals surface area contributed by atoms with Crippen molar-refractivity contribution in [2.75, 3.05) is 0 Å². The summed E-state index contributed by atoms with van der Waals surface area (Å²) in [6, 6.07) is 26.1. The maximum atomic E-state index is 3.61. The maximum absolute atomic E-state index is 3.61. The summed E-state index contributed by atoms with van der Waals surface area (Å²) in [6.07, 6.45) is 0. The van der Waals surface area contributed by atoms with Crippen LogP contribution < -0.4 is 0 Å². The number of hydrogen-bond acceptors (Lipinski definition) is 0. The van der Waals surface area contributed by atoms with Crippen LogP contribution in [0.2, 0.25) is 0 Å². The molecular formula is C20H12BrN. The zero-order valence-electron chi connectivity index (χ0n) is 11.8. The van der Waals surface area contributed by atoms with Crippen LogP contribution >= 0.6 is 15.9 Å². The Morgan fingerprint density at radius 2 is 1.32 bits per heavy atom. The first-order chi connectivity index (χ1) is 10.8. The van der Waals surface area contributed by atoms with Crippen LogP contribution in [0, 0.1) is 0 Å². The molecule has 3 aromatic carbocycles. The Morgan fingerprint density at radius 3 is 2.23 bits per heavy atom. The summed E-state index contributed by atoms with van der Waals surface area (Å²) < 4.78 is 3.49. The van der Waals surface area contributed by atoms with Gasteiger partial charge in [-0.05, 0) is 35.7 Å². The molecule has 0 radical (unpaired) electrons. The standard InChI is InChI=1S/C20H12BrN/c21-14-9-10-16-17(12-14)15-6-2-4-8-19(15)22-18-7-3-1-5-13(18)11-20(16)22/h1-12H. The molecule has 0 amide bonds. The molecule has 0 aliphatic heterocycles. The van der Waals surface area contributed by atoms with Gasteiger partial charge >= 0.3 is 0 Å². The van der Waals surface area contributed by atoms with E-state index in [0.717, 1.165) is 4.47 Å². The van der Waals surface area contributed by atoms with Gasteiger partial charge in [0.15, 0.2) is 0 Å². The van der Waals surface area contributed by atoms with Crippen LogP contribution in [-0.4, -0.2) is 4.40 Å². The summed E-state index contributed by atoms with van der Waals surface area (Å²) in [5, 5.41) is 5.15. The molecule has 0 unspecified atom stereocenters.